The zero-order valence-electron chi connectivity index (χ0n) is 41.8. The minimum atomic E-state index is -0.0319. The third kappa shape index (κ3) is 36.4. The Kier molecular flexibility index (Phi) is 43.9. The van der Waals surface area contributed by atoms with Gasteiger partial charge in [-0.25, -0.2) is 0 Å². The summed E-state index contributed by atoms with van der Waals surface area (Å²) >= 11 is 8.35. The highest BCUT2D eigenvalue weighted by Crippen LogP contribution is 2.39. The molecular weight excluding hydrogens is 843 g/mol. The van der Waals surface area contributed by atoms with E-state index in [0.717, 1.165) is 51.6 Å². The lowest BCUT2D eigenvalue weighted by Crippen LogP contribution is -2.41. The van der Waals surface area contributed by atoms with Crippen molar-refractivity contribution in [1.82, 2.24) is 4.90 Å². The lowest BCUT2D eigenvalue weighted by Gasteiger charge is -2.42. The van der Waals surface area contributed by atoms with Gasteiger partial charge in [-0.1, -0.05) is 169 Å². The lowest BCUT2D eigenvalue weighted by molar-refractivity contribution is -0.145. The molecule has 1 rings (SSSR count). The first-order valence-electron chi connectivity index (χ1n) is 26.9. The summed E-state index contributed by atoms with van der Waals surface area (Å²) in [5.41, 5.74) is 0.0638. The van der Waals surface area contributed by atoms with Gasteiger partial charge in [0, 0.05) is 12.8 Å². The number of carbonyl (C=O) groups excluding carboxylic acids is 2. The highest BCUT2D eigenvalue weighted by Gasteiger charge is 2.35. The molecule has 62 heavy (non-hydrogen) atoms. The molecule has 0 bridgehead atoms. The number of unbranched alkanes of at least 4 members (excludes halogenated alkanes) is 21. The van der Waals surface area contributed by atoms with Crippen LogP contribution in [0.3, 0.4) is 0 Å². The first kappa shape index (κ1) is 60.3. The Balaban J connectivity index is 2.65. The quantitative estimate of drug-likeness (QED) is 0.0337. The van der Waals surface area contributed by atoms with Crippen LogP contribution in [-0.2, 0) is 19.1 Å². The molecule has 0 unspecified atom stereocenters. The number of ether oxygens (including phenoxy) is 2. The van der Waals surface area contributed by atoms with E-state index in [2.05, 4.69) is 86.6 Å². The summed E-state index contributed by atoms with van der Waals surface area (Å²) in [7, 11) is 0. The molecule has 0 radical (unpaired) electrons. The summed E-state index contributed by atoms with van der Waals surface area (Å²) in [6.07, 6.45) is 41.2. The van der Waals surface area contributed by atoms with E-state index < -0.39 is 0 Å². The van der Waals surface area contributed by atoms with Gasteiger partial charge in [-0.3, -0.25) is 9.59 Å². The van der Waals surface area contributed by atoms with Crippen molar-refractivity contribution < 1.29 is 19.1 Å². The maximum absolute atomic E-state index is 13.2. The van der Waals surface area contributed by atoms with Crippen molar-refractivity contribution >= 4 is 59.0 Å². The van der Waals surface area contributed by atoms with E-state index in [1.807, 2.05) is 0 Å². The zero-order valence-corrected chi connectivity index (χ0v) is 45.0. The number of nitrogens with zero attached hydrogens (tertiary/aromatic N) is 1. The fourth-order valence-corrected chi connectivity index (χ4v) is 14.1. The van der Waals surface area contributed by atoms with Crippen LogP contribution in [0.2, 0.25) is 0 Å². The third-order valence-corrected chi connectivity index (χ3v) is 19.1. The van der Waals surface area contributed by atoms with Crippen LogP contribution in [0, 0.1) is 5.41 Å². The van der Waals surface area contributed by atoms with E-state index in [0.29, 0.717) is 35.2 Å². The van der Waals surface area contributed by atoms with Crippen molar-refractivity contribution in [2.45, 2.75) is 262 Å². The summed E-state index contributed by atoms with van der Waals surface area (Å²) in [6.45, 7) is 15.7. The number of hydrogen-bond acceptors (Lipinski definition) is 9. The van der Waals surface area contributed by atoms with Crippen LogP contribution < -0.4 is 0 Å². The third-order valence-electron chi connectivity index (χ3n) is 12.9. The molecule has 1 heterocycles. The second kappa shape index (κ2) is 45.1. The fourth-order valence-electron chi connectivity index (χ4n) is 8.45. The summed E-state index contributed by atoms with van der Waals surface area (Å²) in [4.78, 5) is 29.0. The molecule has 0 N–H and O–H groups in total. The Hall–Kier alpha value is 0.300. The minimum absolute atomic E-state index is 0.0319. The number of hydrogen-bond donors (Lipinski definition) is 0. The SMILES string of the molecule is CCCCCCCCSC(CCC(=O)OCCC1(CCOC(=O)CCC(SCCCCCCCC)SCCCCCCCC)CCN(CCCC)CC1)SCCCCCCCC. The van der Waals surface area contributed by atoms with Crippen LogP contribution >= 0.6 is 47.0 Å². The van der Waals surface area contributed by atoms with Gasteiger partial charge in [0.15, 0.2) is 0 Å². The summed E-state index contributed by atoms with van der Waals surface area (Å²) < 4.78 is 13.0. The molecule has 5 nitrogen and oxygen atoms in total. The minimum Gasteiger partial charge on any atom is -0.466 e. The monoisotopic (exact) mass is 946 g/mol. The normalized spacial score (nSPS) is 14.3. The van der Waals surface area contributed by atoms with Gasteiger partial charge in [0.2, 0.25) is 0 Å². The predicted molar refractivity (Wildman–Crippen MR) is 284 cm³/mol. The van der Waals surface area contributed by atoms with E-state index in [1.54, 1.807) is 0 Å². The van der Waals surface area contributed by atoms with Crippen molar-refractivity contribution in [2.75, 3.05) is 55.9 Å². The zero-order chi connectivity index (χ0) is 45.0. The predicted octanol–water partition coefficient (Wildman–Crippen LogP) is 17.3. The van der Waals surface area contributed by atoms with Gasteiger partial charge >= 0.3 is 11.9 Å². The molecule has 0 aromatic carbocycles. The highest BCUT2D eigenvalue weighted by atomic mass is 32.2. The van der Waals surface area contributed by atoms with E-state index in [4.69, 9.17) is 9.47 Å². The first-order chi connectivity index (χ1) is 30.4. The van der Waals surface area contributed by atoms with Gasteiger partial charge < -0.3 is 14.4 Å². The van der Waals surface area contributed by atoms with Gasteiger partial charge in [-0.05, 0) is 119 Å². The Bertz CT molecular complexity index is 881. The van der Waals surface area contributed by atoms with Gasteiger partial charge in [0.05, 0.1) is 22.4 Å². The van der Waals surface area contributed by atoms with Crippen LogP contribution in [0.15, 0.2) is 0 Å². The molecule has 0 aromatic rings. The molecule has 0 amide bonds. The number of carbonyl (C=O) groups is 2. The molecular formula is C53H103NO4S4. The van der Waals surface area contributed by atoms with Gasteiger partial charge in [0.25, 0.3) is 0 Å². The van der Waals surface area contributed by atoms with E-state index in [-0.39, 0.29) is 17.4 Å². The molecule has 9 heteroatoms. The summed E-state index contributed by atoms with van der Waals surface area (Å²) in [5.74, 6) is 4.75. The Labute approximate surface area is 404 Å². The number of rotatable bonds is 47. The number of piperidine rings is 1. The molecule has 1 aliphatic heterocycles. The van der Waals surface area contributed by atoms with Crippen LogP contribution in [0.4, 0.5) is 0 Å². The van der Waals surface area contributed by atoms with Crippen molar-refractivity contribution in [2.24, 2.45) is 5.41 Å². The summed E-state index contributed by atoms with van der Waals surface area (Å²) in [5, 5.41) is 0. The Morgan fingerprint density at radius 1 is 0.452 bits per heavy atom. The average Bonchev–Trinajstić information content (AvgIpc) is 3.28. The first-order valence-corrected chi connectivity index (χ1v) is 31.1. The highest BCUT2D eigenvalue weighted by molar-refractivity contribution is 8.17. The van der Waals surface area contributed by atoms with Crippen molar-refractivity contribution in [3.05, 3.63) is 0 Å². The Morgan fingerprint density at radius 3 is 1.08 bits per heavy atom. The van der Waals surface area contributed by atoms with Gasteiger partial charge in [-0.2, -0.15) is 0 Å². The topological polar surface area (TPSA) is 55.8 Å². The van der Waals surface area contributed by atoms with Crippen molar-refractivity contribution in [3.63, 3.8) is 0 Å². The number of likely N-dealkylation sites (tertiary alicyclic amines) is 1. The Morgan fingerprint density at radius 2 is 0.758 bits per heavy atom. The maximum Gasteiger partial charge on any atom is 0.305 e. The molecule has 1 aliphatic rings. The van der Waals surface area contributed by atoms with E-state index in [1.165, 1.54) is 196 Å². The average molecular weight is 947 g/mol. The second-order valence-corrected chi connectivity index (χ2v) is 24.5. The van der Waals surface area contributed by atoms with E-state index >= 15 is 0 Å². The van der Waals surface area contributed by atoms with Crippen LogP contribution in [0.1, 0.15) is 253 Å². The standard InChI is InChI=1S/C53H103NO4S4/c1-6-11-16-20-24-28-45-59-51(60-46-29-25-21-17-12-7-2)34-32-49(55)57-43-38-53(36-41-54(42-37-53)40-15-10-5)39-44-58-50(56)33-35-52(61-47-30-26-22-18-13-8-3)62-48-31-27-23-19-14-9-4/h51-52H,6-48H2,1-5H3. The smallest absolute Gasteiger partial charge is 0.305 e. The molecule has 0 aliphatic carbocycles. The number of thioether (sulfide) groups is 4. The van der Waals surface area contributed by atoms with Crippen molar-refractivity contribution in [3.8, 4) is 0 Å². The van der Waals surface area contributed by atoms with Crippen LogP contribution in [0.25, 0.3) is 0 Å². The molecule has 0 aromatic heterocycles. The number of esters is 2. The largest absolute Gasteiger partial charge is 0.466 e. The molecule has 1 fully saturated rings. The lowest BCUT2D eigenvalue weighted by atomic mass is 9.73. The second-order valence-electron chi connectivity index (χ2n) is 18.6. The van der Waals surface area contributed by atoms with Gasteiger partial charge in [-0.15, -0.1) is 47.0 Å². The van der Waals surface area contributed by atoms with Crippen LogP contribution in [0.5, 0.6) is 0 Å². The molecule has 368 valence electrons. The van der Waals surface area contributed by atoms with Crippen molar-refractivity contribution in [1.29, 1.82) is 0 Å². The molecule has 0 spiro atoms. The molecule has 1 saturated heterocycles. The van der Waals surface area contributed by atoms with Gasteiger partial charge in [0.1, 0.15) is 0 Å². The van der Waals surface area contributed by atoms with Crippen LogP contribution in [-0.4, -0.2) is 81.9 Å². The molecule has 0 saturated carbocycles. The summed E-state index contributed by atoms with van der Waals surface area (Å²) in [6, 6.07) is 0. The van der Waals surface area contributed by atoms with E-state index in [9.17, 15) is 9.59 Å². The maximum atomic E-state index is 13.2. The molecule has 0 atom stereocenters. The fraction of sp³-hybridized carbons (Fsp3) is 0.962.